The topological polar surface area (TPSA) is 217 Å². The van der Waals surface area contributed by atoms with Crippen molar-refractivity contribution in [3.63, 3.8) is 0 Å². The number of likely N-dealkylation sites (tertiary alicyclic amines) is 1. The number of fused-ring (bicyclic) bond motifs is 1. The number of carbonyl (C=O) groups is 3. The van der Waals surface area contributed by atoms with Crippen molar-refractivity contribution in [1.82, 2.24) is 14.5 Å². The first-order valence-electron chi connectivity index (χ1n) is 12.9. The van der Waals surface area contributed by atoms with E-state index in [1.54, 1.807) is 30.3 Å². The zero-order chi connectivity index (χ0) is 30.2. The summed E-state index contributed by atoms with van der Waals surface area (Å²) in [6.07, 6.45) is 2.13. The fourth-order valence-electron chi connectivity index (χ4n) is 4.60. The molecule has 1 aliphatic heterocycles. The maximum atomic E-state index is 11.1. The Labute approximate surface area is 234 Å². The highest BCUT2D eigenvalue weighted by Gasteiger charge is 2.40. The average Bonchev–Trinajstić information content (AvgIpc) is 3.24. The van der Waals surface area contributed by atoms with Gasteiger partial charge in [0.25, 0.3) is 5.69 Å². The van der Waals surface area contributed by atoms with Crippen molar-refractivity contribution in [2.24, 2.45) is 0 Å². The Balaban J connectivity index is 0.000000302. The average molecular weight is 573 g/mol. The Kier molecular flexibility index (Phi) is 10.3. The molecule has 5 N–H and O–H groups in total. The Morgan fingerprint density at radius 2 is 1.54 bits per heavy atom. The van der Waals surface area contributed by atoms with Crippen LogP contribution in [0.1, 0.15) is 43.5 Å². The fourth-order valence-corrected chi connectivity index (χ4v) is 4.60. The maximum absolute atomic E-state index is 11.1. The van der Waals surface area contributed by atoms with Crippen LogP contribution in [0.25, 0.3) is 11.0 Å². The second kappa shape index (κ2) is 13.7. The molecular formula is C27H32N4O10. The summed E-state index contributed by atoms with van der Waals surface area (Å²) in [4.78, 5) is 48.4. The van der Waals surface area contributed by atoms with Crippen LogP contribution >= 0.6 is 0 Å². The number of nitro groups is 1. The lowest BCUT2D eigenvalue weighted by Gasteiger charge is -2.26. The number of nitro benzene ring substituents is 1. The van der Waals surface area contributed by atoms with Crippen molar-refractivity contribution in [3.8, 4) is 5.75 Å². The van der Waals surface area contributed by atoms with Crippen molar-refractivity contribution in [2.45, 2.75) is 50.7 Å². The lowest BCUT2D eigenvalue weighted by Crippen LogP contribution is -2.42. The highest BCUT2D eigenvalue weighted by molar-refractivity contribution is 5.88. The molecule has 1 aliphatic rings. The van der Waals surface area contributed by atoms with Gasteiger partial charge in [-0.2, -0.15) is 0 Å². The second-order valence-electron chi connectivity index (χ2n) is 9.83. The Morgan fingerprint density at radius 3 is 2.07 bits per heavy atom. The number of aliphatic hydroxyl groups is 1. The molecule has 1 fully saturated rings. The largest absolute Gasteiger partial charge is 0.508 e. The standard InChI is InChI=1S/C21H24N4O3.C6H8O7/c26-18-7-4-16(5-8-18)14-21-22-19-15-17(25(27)28)6-9-20(19)24(21)13-12-23-10-2-1-3-11-23;7-3(8)1-6(13,5(11)12)2-4(9)10/h4-9,15,26H,1-3,10-14H2;13H,1-2H2,(H,7,8)(H,9,10)(H,11,12). The third-order valence-corrected chi connectivity index (χ3v) is 6.69. The molecule has 1 aromatic heterocycles. The minimum absolute atomic E-state index is 0.0596. The van der Waals surface area contributed by atoms with Gasteiger partial charge in [0.15, 0.2) is 5.60 Å². The third-order valence-electron chi connectivity index (χ3n) is 6.69. The van der Waals surface area contributed by atoms with Gasteiger partial charge in [0.05, 0.1) is 28.8 Å². The number of phenolic OH excluding ortho intramolecular Hbond substituents is 1. The van der Waals surface area contributed by atoms with Crippen molar-refractivity contribution in [3.05, 3.63) is 64.0 Å². The number of hydrogen-bond acceptors (Lipinski definition) is 9. The van der Waals surface area contributed by atoms with Crippen LogP contribution in [0.3, 0.4) is 0 Å². The molecule has 0 atom stereocenters. The van der Waals surface area contributed by atoms with Gasteiger partial charge in [-0.15, -0.1) is 0 Å². The zero-order valence-corrected chi connectivity index (χ0v) is 22.2. The monoisotopic (exact) mass is 572 g/mol. The van der Waals surface area contributed by atoms with E-state index in [0.717, 1.165) is 43.1 Å². The third kappa shape index (κ3) is 8.71. The molecule has 3 aromatic rings. The van der Waals surface area contributed by atoms with Crippen LogP contribution in [0.2, 0.25) is 0 Å². The summed E-state index contributed by atoms with van der Waals surface area (Å²) in [5, 5.41) is 54.5. The molecule has 14 heteroatoms. The van der Waals surface area contributed by atoms with Gasteiger partial charge in [0, 0.05) is 31.6 Å². The molecule has 2 aromatic carbocycles. The summed E-state index contributed by atoms with van der Waals surface area (Å²) in [5.74, 6) is -3.90. The number of rotatable bonds is 11. The van der Waals surface area contributed by atoms with E-state index in [4.69, 9.17) is 25.4 Å². The van der Waals surface area contributed by atoms with Crippen LogP contribution in [0.5, 0.6) is 5.75 Å². The zero-order valence-electron chi connectivity index (χ0n) is 22.2. The number of aliphatic carboxylic acids is 3. The number of non-ortho nitro benzene ring substituents is 1. The number of aromatic nitrogens is 2. The van der Waals surface area contributed by atoms with Gasteiger partial charge in [-0.3, -0.25) is 19.7 Å². The summed E-state index contributed by atoms with van der Waals surface area (Å²) in [6.45, 7) is 4.02. The molecule has 4 rings (SSSR count). The Hall–Kier alpha value is -4.56. The van der Waals surface area contributed by atoms with Crippen molar-refractivity contribution >= 4 is 34.6 Å². The number of nitrogens with zero attached hydrogens (tertiary/aromatic N) is 4. The highest BCUT2D eigenvalue weighted by atomic mass is 16.6. The minimum atomic E-state index is -2.74. The number of piperidine rings is 1. The number of hydrogen-bond donors (Lipinski definition) is 5. The van der Waals surface area contributed by atoms with E-state index in [1.807, 2.05) is 12.1 Å². The molecular weight excluding hydrogens is 540 g/mol. The van der Waals surface area contributed by atoms with Gasteiger partial charge >= 0.3 is 17.9 Å². The molecule has 220 valence electrons. The van der Waals surface area contributed by atoms with Crippen molar-refractivity contribution < 1.29 is 44.8 Å². The first-order chi connectivity index (χ1) is 19.4. The molecule has 1 saturated heterocycles. The normalized spacial score (nSPS) is 13.8. The quantitative estimate of drug-likeness (QED) is 0.165. The van der Waals surface area contributed by atoms with E-state index < -0.39 is 36.4 Å². The highest BCUT2D eigenvalue weighted by Crippen LogP contribution is 2.24. The van der Waals surface area contributed by atoms with Crippen molar-refractivity contribution in [1.29, 1.82) is 0 Å². The summed E-state index contributed by atoms with van der Waals surface area (Å²) in [7, 11) is 0. The van der Waals surface area contributed by atoms with Crippen LogP contribution in [-0.2, 0) is 27.3 Å². The molecule has 2 heterocycles. The van der Waals surface area contributed by atoms with Gasteiger partial charge in [-0.05, 0) is 49.7 Å². The summed E-state index contributed by atoms with van der Waals surface area (Å²) >= 11 is 0. The van der Waals surface area contributed by atoms with Crippen LogP contribution < -0.4 is 0 Å². The number of phenols is 1. The van der Waals surface area contributed by atoms with E-state index in [0.29, 0.717) is 11.9 Å². The van der Waals surface area contributed by atoms with E-state index in [2.05, 4.69) is 9.47 Å². The van der Waals surface area contributed by atoms with E-state index >= 15 is 0 Å². The number of carboxylic acids is 3. The van der Waals surface area contributed by atoms with Gasteiger partial charge in [-0.25, -0.2) is 9.78 Å². The first-order valence-corrected chi connectivity index (χ1v) is 12.9. The smallest absolute Gasteiger partial charge is 0.336 e. The molecule has 0 radical (unpaired) electrons. The first kappa shape index (κ1) is 31.0. The maximum Gasteiger partial charge on any atom is 0.336 e. The van der Waals surface area contributed by atoms with Gasteiger partial charge < -0.3 is 35.0 Å². The molecule has 0 bridgehead atoms. The van der Waals surface area contributed by atoms with Gasteiger partial charge in [-0.1, -0.05) is 18.6 Å². The Morgan fingerprint density at radius 1 is 0.927 bits per heavy atom. The van der Waals surface area contributed by atoms with Gasteiger partial charge in [0.1, 0.15) is 11.6 Å². The van der Waals surface area contributed by atoms with Crippen LogP contribution in [0.4, 0.5) is 5.69 Å². The van der Waals surface area contributed by atoms with Crippen LogP contribution in [-0.4, -0.2) is 88.1 Å². The van der Waals surface area contributed by atoms with Crippen molar-refractivity contribution in [2.75, 3.05) is 19.6 Å². The number of aromatic hydroxyl groups is 1. The van der Waals surface area contributed by atoms with Crippen LogP contribution in [0, 0.1) is 10.1 Å². The molecule has 14 nitrogen and oxygen atoms in total. The second-order valence-corrected chi connectivity index (χ2v) is 9.83. The Bertz CT molecular complexity index is 1380. The van der Waals surface area contributed by atoms with E-state index in [9.17, 15) is 29.6 Å². The molecule has 0 spiro atoms. The lowest BCUT2D eigenvalue weighted by molar-refractivity contribution is -0.384. The molecule has 0 unspecified atom stereocenters. The molecule has 0 saturated carbocycles. The SMILES string of the molecule is O=C(O)CC(O)(CC(=O)O)C(=O)O.O=[N+]([O-])c1ccc2c(c1)nc(Cc1ccc(O)cc1)n2CCN1CCCCC1. The predicted octanol–water partition coefficient (Wildman–Crippen LogP) is 2.48. The number of benzene rings is 2. The number of imidazole rings is 1. The summed E-state index contributed by atoms with van der Waals surface area (Å²) in [5.41, 5.74) is -0.0540. The molecule has 0 amide bonds. The van der Waals surface area contributed by atoms with Gasteiger partial charge in [0.2, 0.25) is 0 Å². The minimum Gasteiger partial charge on any atom is -0.508 e. The fraction of sp³-hybridized carbons (Fsp3) is 0.407. The molecule has 0 aliphatic carbocycles. The summed E-state index contributed by atoms with van der Waals surface area (Å²) < 4.78 is 2.18. The molecule has 41 heavy (non-hydrogen) atoms. The summed E-state index contributed by atoms with van der Waals surface area (Å²) in [6, 6.07) is 12.0. The van der Waals surface area contributed by atoms with E-state index in [1.165, 1.54) is 19.3 Å². The van der Waals surface area contributed by atoms with E-state index in [-0.39, 0.29) is 16.4 Å². The number of carboxylic acid groups (broad SMARTS) is 3. The lowest BCUT2D eigenvalue weighted by atomic mass is 9.96. The van der Waals surface area contributed by atoms with Crippen LogP contribution in [0.15, 0.2) is 42.5 Å². The predicted molar refractivity (Wildman–Crippen MR) is 145 cm³/mol.